The summed E-state index contributed by atoms with van der Waals surface area (Å²) in [5.41, 5.74) is 0.564. The van der Waals surface area contributed by atoms with E-state index in [-0.39, 0.29) is 23.1 Å². The Hall–Kier alpha value is -2.32. The number of carboxylic acids is 1. The first-order chi connectivity index (χ1) is 14.8. The fourth-order valence-electron chi connectivity index (χ4n) is 2.93. The third-order valence-electron chi connectivity index (χ3n) is 4.42. The van der Waals surface area contributed by atoms with Gasteiger partial charge in [0.05, 0.1) is 28.8 Å². The number of rotatable bonds is 7. The van der Waals surface area contributed by atoms with E-state index in [1.807, 2.05) is 22.6 Å². The summed E-state index contributed by atoms with van der Waals surface area (Å²) < 4.78 is 16.3. The first-order valence-electron chi connectivity index (χ1n) is 9.13. The Kier molecular flexibility index (Phi) is 7.78. The number of amides is 3. The molecule has 10 nitrogen and oxygen atoms in total. The molecule has 2 saturated heterocycles. The molecule has 1 aromatic rings. The van der Waals surface area contributed by atoms with E-state index in [2.05, 4.69) is 0 Å². The number of ether oxygens (including phenoxy) is 3. The van der Waals surface area contributed by atoms with Gasteiger partial charge >= 0.3 is 5.97 Å². The number of carboxylic acid groups (broad SMARTS) is 1. The van der Waals surface area contributed by atoms with Crippen molar-refractivity contribution in [2.45, 2.75) is 0 Å². The summed E-state index contributed by atoms with van der Waals surface area (Å²) >= 11 is 2.72. The number of hydrogen-bond acceptors (Lipinski definition) is 8. The topological polar surface area (TPSA) is 123 Å². The van der Waals surface area contributed by atoms with Gasteiger partial charge in [-0.1, -0.05) is 0 Å². The molecule has 3 rings (SSSR count). The summed E-state index contributed by atoms with van der Waals surface area (Å²) in [6, 6.07) is 3.25. The zero-order valence-electron chi connectivity index (χ0n) is 16.5. The molecule has 12 heteroatoms. The highest BCUT2D eigenvalue weighted by atomic mass is 127. The van der Waals surface area contributed by atoms with Crippen molar-refractivity contribution in [1.29, 1.82) is 0 Å². The van der Waals surface area contributed by atoms with Crippen LogP contribution in [-0.2, 0) is 19.1 Å². The zero-order chi connectivity index (χ0) is 22.5. The van der Waals surface area contributed by atoms with Gasteiger partial charge in [0.1, 0.15) is 6.54 Å². The number of halogens is 1. The molecule has 2 heterocycles. The third-order valence-corrected chi connectivity index (χ3v) is 6.13. The van der Waals surface area contributed by atoms with Crippen LogP contribution in [0, 0.1) is 3.57 Å². The van der Waals surface area contributed by atoms with Crippen LogP contribution in [-0.4, -0.2) is 84.5 Å². The number of benzene rings is 1. The van der Waals surface area contributed by atoms with Gasteiger partial charge in [0, 0.05) is 13.1 Å². The van der Waals surface area contributed by atoms with E-state index in [0.717, 1.165) is 16.7 Å². The molecule has 0 radical (unpaired) electrons. The van der Waals surface area contributed by atoms with Crippen LogP contribution in [0.4, 0.5) is 4.79 Å². The molecule has 0 bridgehead atoms. The van der Waals surface area contributed by atoms with Crippen molar-refractivity contribution < 1.29 is 38.5 Å². The predicted octanol–water partition coefficient (Wildman–Crippen LogP) is 1.66. The van der Waals surface area contributed by atoms with Crippen molar-refractivity contribution in [3.63, 3.8) is 0 Å². The van der Waals surface area contributed by atoms with Gasteiger partial charge < -0.3 is 24.2 Å². The van der Waals surface area contributed by atoms with Crippen LogP contribution in [0.3, 0.4) is 0 Å². The average molecular weight is 562 g/mol. The van der Waals surface area contributed by atoms with E-state index in [1.165, 1.54) is 13.2 Å². The van der Waals surface area contributed by atoms with Gasteiger partial charge in [-0.15, -0.1) is 0 Å². The number of imide groups is 1. The molecule has 166 valence electrons. The summed E-state index contributed by atoms with van der Waals surface area (Å²) in [7, 11) is 1.41. The largest absolute Gasteiger partial charge is 0.493 e. The molecule has 2 aliphatic heterocycles. The molecule has 0 atom stereocenters. The van der Waals surface area contributed by atoms with Crippen LogP contribution < -0.4 is 9.47 Å². The second-order valence-corrected chi connectivity index (χ2v) is 8.63. The first kappa shape index (κ1) is 23.3. The fraction of sp³-hybridized carbons (Fsp3) is 0.368. The normalized spacial score (nSPS) is 17.9. The van der Waals surface area contributed by atoms with Crippen molar-refractivity contribution in [2.75, 3.05) is 46.6 Å². The number of carbonyl (C=O) groups excluding carboxylic acids is 3. The summed E-state index contributed by atoms with van der Waals surface area (Å²) in [6.07, 6.45) is 1.52. The van der Waals surface area contributed by atoms with E-state index < -0.39 is 23.7 Å². The van der Waals surface area contributed by atoms with Crippen LogP contribution in [0.1, 0.15) is 5.56 Å². The van der Waals surface area contributed by atoms with E-state index in [1.54, 1.807) is 17.0 Å². The number of aliphatic carboxylic acids is 1. The molecule has 31 heavy (non-hydrogen) atoms. The summed E-state index contributed by atoms with van der Waals surface area (Å²) in [5, 5.41) is 8.30. The van der Waals surface area contributed by atoms with Crippen molar-refractivity contribution in [3.05, 3.63) is 26.2 Å². The zero-order valence-corrected chi connectivity index (χ0v) is 19.4. The smallest absolute Gasteiger partial charge is 0.341 e. The maximum atomic E-state index is 12.7. The number of morpholine rings is 1. The first-order valence-corrected chi connectivity index (χ1v) is 11.0. The summed E-state index contributed by atoms with van der Waals surface area (Å²) in [5.74, 6) is -1.41. The van der Waals surface area contributed by atoms with Gasteiger partial charge in [-0.2, -0.15) is 0 Å². The van der Waals surface area contributed by atoms with Crippen LogP contribution >= 0.6 is 34.4 Å². The Balaban J connectivity index is 1.76. The highest BCUT2D eigenvalue weighted by Crippen LogP contribution is 2.37. The SMILES string of the molecule is COc1cc(/C=C2\SC(=O)N(CC(=O)N3CCOCC3)C2=O)cc(I)c1OCC(=O)O. The number of hydrogen-bond donors (Lipinski definition) is 1. The molecular weight excluding hydrogens is 543 g/mol. The lowest BCUT2D eigenvalue weighted by Crippen LogP contribution is -2.46. The summed E-state index contributed by atoms with van der Waals surface area (Å²) in [6.45, 7) is 0.881. The van der Waals surface area contributed by atoms with Gasteiger partial charge in [-0.25, -0.2) is 4.79 Å². The van der Waals surface area contributed by atoms with Gasteiger partial charge in [0.15, 0.2) is 18.1 Å². The van der Waals surface area contributed by atoms with Crippen LogP contribution in [0.25, 0.3) is 6.08 Å². The monoisotopic (exact) mass is 562 g/mol. The highest BCUT2D eigenvalue weighted by molar-refractivity contribution is 14.1. The Morgan fingerprint density at radius 3 is 2.65 bits per heavy atom. The van der Waals surface area contributed by atoms with Crippen LogP contribution in [0.2, 0.25) is 0 Å². The second kappa shape index (κ2) is 10.3. The van der Waals surface area contributed by atoms with Crippen LogP contribution in [0.15, 0.2) is 17.0 Å². The molecule has 0 saturated carbocycles. The maximum Gasteiger partial charge on any atom is 0.341 e. The van der Waals surface area contributed by atoms with E-state index >= 15 is 0 Å². The second-order valence-electron chi connectivity index (χ2n) is 6.48. The maximum absolute atomic E-state index is 12.7. The Labute approximate surface area is 195 Å². The quantitative estimate of drug-likeness (QED) is 0.391. The number of methoxy groups -OCH3 is 1. The van der Waals surface area contributed by atoms with E-state index in [4.69, 9.17) is 19.3 Å². The molecular formula is C19H19IN2O8S. The van der Waals surface area contributed by atoms with Gasteiger partial charge in [-0.3, -0.25) is 19.3 Å². The van der Waals surface area contributed by atoms with Crippen molar-refractivity contribution in [2.24, 2.45) is 0 Å². The van der Waals surface area contributed by atoms with Crippen molar-refractivity contribution in [1.82, 2.24) is 9.80 Å². The minimum Gasteiger partial charge on any atom is -0.493 e. The Morgan fingerprint density at radius 1 is 1.29 bits per heavy atom. The van der Waals surface area contributed by atoms with Crippen molar-refractivity contribution >= 4 is 63.5 Å². The average Bonchev–Trinajstić information content (AvgIpc) is 3.00. The highest BCUT2D eigenvalue weighted by Gasteiger charge is 2.37. The van der Waals surface area contributed by atoms with E-state index in [9.17, 15) is 19.2 Å². The molecule has 0 spiro atoms. The molecule has 3 amide bonds. The minimum atomic E-state index is -1.12. The Morgan fingerprint density at radius 2 is 2.00 bits per heavy atom. The predicted molar refractivity (Wildman–Crippen MR) is 119 cm³/mol. The molecule has 1 N–H and O–H groups in total. The molecule has 0 aromatic heterocycles. The third kappa shape index (κ3) is 5.68. The molecule has 0 aliphatic carbocycles. The van der Waals surface area contributed by atoms with Gasteiger partial charge in [0.25, 0.3) is 11.1 Å². The summed E-state index contributed by atoms with van der Waals surface area (Å²) in [4.78, 5) is 50.9. The lowest BCUT2D eigenvalue weighted by Gasteiger charge is -2.28. The molecule has 1 aromatic carbocycles. The van der Waals surface area contributed by atoms with Crippen molar-refractivity contribution in [3.8, 4) is 11.5 Å². The number of thioether (sulfide) groups is 1. The number of nitrogens with zero attached hydrogens (tertiary/aromatic N) is 2. The molecule has 2 aliphatic rings. The lowest BCUT2D eigenvalue weighted by atomic mass is 10.2. The molecule has 0 unspecified atom stereocenters. The fourth-order valence-corrected chi connectivity index (χ4v) is 4.55. The number of carbonyl (C=O) groups is 4. The standard InChI is InChI=1S/C19H19IN2O8S/c1-28-13-7-11(6-12(20)17(13)30-10-16(24)25)8-14-18(26)22(19(27)31-14)9-15(23)21-2-4-29-5-3-21/h6-8H,2-5,9-10H2,1H3,(H,24,25)/b14-8-. The van der Waals surface area contributed by atoms with Gasteiger partial charge in [0.2, 0.25) is 5.91 Å². The van der Waals surface area contributed by atoms with Gasteiger partial charge in [-0.05, 0) is 58.1 Å². The van der Waals surface area contributed by atoms with E-state index in [0.29, 0.717) is 41.2 Å². The Bertz CT molecular complexity index is 945. The minimum absolute atomic E-state index is 0.178. The lowest BCUT2D eigenvalue weighted by molar-refractivity contribution is -0.139. The molecule has 2 fully saturated rings. The van der Waals surface area contributed by atoms with Crippen LogP contribution in [0.5, 0.6) is 11.5 Å².